The number of nitrogens with zero attached hydrogens (tertiary/aromatic N) is 4. The van der Waals surface area contributed by atoms with Crippen LogP contribution in [0.1, 0.15) is 24.1 Å². The maximum Gasteiger partial charge on any atom is 0.244 e. The molecule has 0 saturated carbocycles. The quantitative estimate of drug-likeness (QED) is 0.615. The minimum Gasteiger partial charge on any atom is -0.248 e. The van der Waals surface area contributed by atoms with Crippen molar-refractivity contribution >= 4 is 43.3 Å². The molecule has 9 heteroatoms. The Hall–Kier alpha value is -1.55. The van der Waals surface area contributed by atoms with E-state index in [-0.39, 0.29) is 4.90 Å². The van der Waals surface area contributed by atoms with Crippen molar-refractivity contribution in [2.45, 2.75) is 41.1 Å². The SMILES string of the molecule is Cc1cc2c(Sc3ccc(S(=O)(=O)N4CCCCC4)cn3)ncnc2s1. The first-order valence-corrected chi connectivity index (χ1v) is 11.5. The third-order valence-electron chi connectivity index (χ3n) is 4.28. The molecule has 0 amide bonds. The summed E-state index contributed by atoms with van der Waals surface area (Å²) in [6.45, 7) is 3.23. The van der Waals surface area contributed by atoms with E-state index in [1.165, 1.54) is 22.8 Å². The Labute approximate surface area is 160 Å². The zero-order chi connectivity index (χ0) is 18.1. The van der Waals surface area contributed by atoms with Gasteiger partial charge in [-0.05, 0) is 49.7 Å². The van der Waals surface area contributed by atoms with Gasteiger partial charge in [-0.25, -0.2) is 23.4 Å². The van der Waals surface area contributed by atoms with Crippen LogP contribution in [-0.4, -0.2) is 40.8 Å². The summed E-state index contributed by atoms with van der Waals surface area (Å²) in [4.78, 5) is 15.4. The molecular formula is C17H18N4O2S3. The lowest BCUT2D eigenvalue weighted by Crippen LogP contribution is -2.35. The average Bonchev–Trinajstić information content (AvgIpc) is 3.04. The first kappa shape index (κ1) is 17.8. The van der Waals surface area contributed by atoms with Crippen LogP contribution in [0.25, 0.3) is 10.2 Å². The molecule has 4 heterocycles. The summed E-state index contributed by atoms with van der Waals surface area (Å²) in [6, 6.07) is 5.45. The lowest BCUT2D eigenvalue weighted by atomic mass is 10.2. The van der Waals surface area contributed by atoms with Gasteiger partial charge in [-0.15, -0.1) is 11.3 Å². The van der Waals surface area contributed by atoms with Crippen LogP contribution in [0.3, 0.4) is 0 Å². The molecule has 1 aliphatic rings. The Balaban J connectivity index is 1.57. The van der Waals surface area contributed by atoms with E-state index in [1.807, 2.05) is 6.92 Å². The number of sulfonamides is 1. The third-order valence-corrected chi connectivity index (χ3v) is 8.09. The van der Waals surface area contributed by atoms with Crippen molar-refractivity contribution in [2.24, 2.45) is 0 Å². The van der Waals surface area contributed by atoms with Gasteiger partial charge in [0.15, 0.2) is 0 Å². The van der Waals surface area contributed by atoms with Gasteiger partial charge in [0, 0.05) is 29.5 Å². The molecule has 0 aliphatic carbocycles. The van der Waals surface area contributed by atoms with Gasteiger partial charge >= 0.3 is 0 Å². The van der Waals surface area contributed by atoms with E-state index in [9.17, 15) is 8.42 Å². The smallest absolute Gasteiger partial charge is 0.244 e. The molecular weight excluding hydrogens is 388 g/mol. The van der Waals surface area contributed by atoms with Gasteiger partial charge in [-0.1, -0.05) is 6.42 Å². The van der Waals surface area contributed by atoms with Crippen LogP contribution in [0.2, 0.25) is 0 Å². The standard InChI is InChI=1S/C17H18N4O2S3/c1-12-9-14-16(24-12)19-11-20-17(14)25-15-6-5-13(10-18-15)26(22,23)21-7-3-2-4-8-21/h5-6,9-11H,2-4,7-8H2,1H3. The van der Waals surface area contributed by atoms with E-state index in [1.54, 1.807) is 34.1 Å². The second-order valence-electron chi connectivity index (χ2n) is 6.15. The molecule has 1 aliphatic heterocycles. The predicted octanol–water partition coefficient (Wildman–Crippen LogP) is 3.72. The predicted molar refractivity (Wildman–Crippen MR) is 103 cm³/mol. The summed E-state index contributed by atoms with van der Waals surface area (Å²) in [7, 11) is -3.45. The molecule has 1 fully saturated rings. The molecule has 0 N–H and O–H groups in total. The number of rotatable bonds is 4. The van der Waals surface area contributed by atoms with Crippen LogP contribution < -0.4 is 0 Å². The van der Waals surface area contributed by atoms with Crippen LogP contribution in [0, 0.1) is 6.92 Å². The molecule has 3 aromatic heterocycles. The zero-order valence-corrected chi connectivity index (χ0v) is 16.7. The molecule has 6 nitrogen and oxygen atoms in total. The van der Waals surface area contributed by atoms with E-state index in [4.69, 9.17) is 0 Å². The summed E-state index contributed by atoms with van der Waals surface area (Å²) >= 11 is 3.05. The minimum atomic E-state index is -3.45. The molecule has 0 spiro atoms. The molecule has 0 aromatic carbocycles. The Bertz CT molecular complexity index is 1030. The van der Waals surface area contributed by atoms with Crippen LogP contribution in [0.5, 0.6) is 0 Å². The number of aromatic nitrogens is 3. The van der Waals surface area contributed by atoms with Gasteiger partial charge in [0.05, 0.1) is 0 Å². The summed E-state index contributed by atoms with van der Waals surface area (Å²) in [5.74, 6) is 0. The fraction of sp³-hybridized carbons (Fsp3) is 0.353. The Morgan fingerprint density at radius 3 is 2.65 bits per heavy atom. The molecule has 0 radical (unpaired) electrons. The lowest BCUT2D eigenvalue weighted by Gasteiger charge is -2.25. The maximum absolute atomic E-state index is 12.7. The van der Waals surface area contributed by atoms with Crippen LogP contribution in [0.4, 0.5) is 0 Å². The molecule has 26 heavy (non-hydrogen) atoms. The number of hydrogen-bond acceptors (Lipinski definition) is 7. The highest BCUT2D eigenvalue weighted by atomic mass is 32.2. The third kappa shape index (κ3) is 3.48. The van der Waals surface area contributed by atoms with Gasteiger partial charge in [-0.2, -0.15) is 4.31 Å². The molecule has 0 atom stereocenters. The van der Waals surface area contributed by atoms with Crippen LogP contribution in [0.15, 0.2) is 45.7 Å². The van der Waals surface area contributed by atoms with Crippen molar-refractivity contribution in [3.63, 3.8) is 0 Å². The van der Waals surface area contributed by atoms with E-state index in [0.29, 0.717) is 18.1 Å². The van der Waals surface area contributed by atoms with E-state index in [0.717, 1.165) is 34.5 Å². The summed E-state index contributed by atoms with van der Waals surface area (Å²) in [5.41, 5.74) is 0. The second kappa shape index (κ2) is 7.22. The summed E-state index contributed by atoms with van der Waals surface area (Å²) in [5, 5.41) is 2.55. The number of aryl methyl sites for hydroxylation is 1. The van der Waals surface area contributed by atoms with Crippen molar-refractivity contribution < 1.29 is 8.42 Å². The second-order valence-corrected chi connectivity index (χ2v) is 10.3. The molecule has 4 rings (SSSR count). The molecule has 1 saturated heterocycles. The summed E-state index contributed by atoms with van der Waals surface area (Å²) in [6.07, 6.45) is 5.93. The highest BCUT2D eigenvalue weighted by molar-refractivity contribution is 7.99. The summed E-state index contributed by atoms with van der Waals surface area (Å²) < 4.78 is 26.9. The maximum atomic E-state index is 12.7. The number of fused-ring (bicyclic) bond motifs is 1. The Morgan fingerprint density at radius 1 is 1.12 bits per heavy atom. The van der Waals surface area contributed by atoms with Crippen molar-refractivity contribution in [1.29, 1.82) is 0 Å². The van der Waals surface area contributed by atoms with E-state index in [2.05, 4.69) is 21.0 Å². The zero-order valence-electron chi connectivity index (χ0n) is 14.3. The molecule has 136 valence electrons. The molecule has 0 unspecified atom stereocenters. The fourth-order valence-electron chi connectivity index (χ4n) is 2.97. The number of pyridine rings is 1. The Kier molecular flexibility index (Phi) is 4.96. The Morgan fingerprint density at radius 2 is 1.92 bits per heavy atom. The highest BCUT2D eigenvalue weighted by Crippen LogP contribution is 2.34. The van der Waals surface area contributed by atoms with Crippen LogP contribution in [-0.2, 0) is 10.0 Å². The van der Waals surface area contributed by atoms with Gasteiger partial charge in [0.25, 0.3) is 0 Å². The average molecular weight is 407 g/mol. The topological polar surface area (TPSA) is 76.1 Å². The number of piperidine rings is 1. The van der Waals surface area contributed by atoms with Crippen molar-refractivity contribution in [3.8, 4) is 0 Å². The minimum absolute atomic E-state index is 0.253. The van der Waals surface area contributed by atoms with Crippen LogP contribution >= 0.6 is 23.1 Å². The molecule has 3 aromatic rings. The molecule has 0 bridgehead atoms. The van der Waals surface area contributed by atoms with Gasteiger partial charge < -0.3 is 0 Å². The van der Waals surface area contributed by atoms with E-state index < -0.39 is 10.0 Å². The first-order valence-electron chi connectivity index (χ1n) is 8.39. The largest absolute Gasteiger partial charge is 0.248 e. The van der Waals surface area contributed by atoms with Crippen molar-refractivity contribution in [3.05, 3.63) is 35.6 Å². The van der Waals surface area contributed by atoms with Crippen molar-refractivity contribution in [2.75, 3.05) is 13.1 Å². The fourth-order valence-corrected chi connectivity index (χ4v) is 6.15. The first-order chi connectivity index (χ1) is 12.5. The number of hydrogen-bond donors (Lipinski definition) is 0. The normalized spacial score (nSPS) is 16.2. The lowest BCUT2D eigenvalue weighted by molar-refractivity contribution is 0.346. The van der Waals surface area contributed by atoms with E-state index >= 15 is 0 Å². The monoisotopic (exact) mass is 406 g/mol. The number of thiophene rings is 1. The van der Waals surface area contributed by atoms with Gasteiger partial charge in [0.1, 0.15) is 26.1 Å². The highest BCUT2D eigenvalue weighted by Gasteiger charge is 2.26. The van der Waals surface area contributed by atoms with Gasteiger partial charge in [-0.3, -0.25) is 0 Å². The van der Waals surface area contributed by atoms with Gasteiger partial charge in [0.2, 0.25) is 10.0 Å². The van der Waals surface area contributed by atoms with Crippen molar-refractivity contribution in [1.82, 2.24) is 19.3 Å².